The lowest BCUT2D eigenvalue weighted by Gasteiger charge is -2.30. The van der Waals surface area contributed by atoms with Crippen LogP contribution in [-0.4, -0.2) is 32.0 Å². The van der Waals surface area contributed by atoms with Crippen molar-refractivity contribution in [2.24, 2.45) is 0 Å². The summed E-state index contributed by atoms with van der Waals surface area (Å²) in [6, 6.07) is 9.85. The third-order valence-corrected chi connectivity index (χ3v) is 4.45. The van der Waals surface area contributed by atoms with E-state index in [1.807, 2.05) is 0 Å². The normalized spacial score (nSPS) is 11.0. The highest BCUT2D eigenvalue weighted by Crippen LogP contribution is 2.39. The summed E-state index contributed by atoms with van der Waals surface area (Å²) in [6.45, 7) is 0. The summed E-state index contributed by atoms with van der Waals surface area (Å²) in [5.41, 5.74) is -1.73. The molecule has 2 rings (SSSR count). The van der Waals surface area contributed by atoms with Crippen molar-refractivity contribution in [2.75, 3.05) is 0 Å². The molecule has 0 saturated carbocycles. The molecule has 0 saturated heterocycles. The van der Waals surface area contributed by atoms with Crippen LogP contribution in [0.15, 0.2) is 48.5 Å². The lowest BCUT2D eigenvalue weighted by molar-refractivity contribution is -0.385. The lowest BCUT2D eigenvalue weighted by Crippen LogP contribution is -2.37. The number of hydrogen-bond acceptors (Lipinski definition) is 6. The van der Waals surface area contributed by atoms with E-state index in [0.717, 1.165) is 24.3 Å². The van der Waals surface area contributed by atoms with E-state index in [4.69, 9.17) is 5.11 Å². The summed E-state index contributed by atoms with van der Waals surface area (Å²) in [5.74, 6) is -2.38. The number of aliphatic carboxylic acids is 2. The van der Waals surface area contributed by atoms with Crippen LogP contribution in [0.2, 0.25) is 0 Å². The fourth-order valence-electron chi connectivity index (χ4n) is 3.05. The Morgan fingerprint density at radius 2 is 1.21 bits per heavy atom. The van der Waals surface area contributed by atoms with Gasteiger partial charge in [0, 0.05) is 30.7 Å². The van der Waals surface area contributed by atoms with Crippen molar-refractivity contribution in [3.63, 3.8) is 0 Å². The van der Waals surface area contributed by atoms with Gasteiger partial charge in [-0.3, -0.25) is 29.8 Å². The molecule has 2 aromatic rings. The molecule has 0 aromatic heterocycles. The molecule has 0 unspecified atom stereocenters. The van der Waals surface area contributed by atoms with E-state index in [1.165, 1.54) is 24.3 Å². The first-order valence-corrected chi connectivity index (χ1v) is 8.13. The fraction of sp³-hybridized carbons (Fsp3) is 0.222. The van der Waals surface area contributed by atoms with Gasteiger partial charge in [0.2, 0.25) is 0 Å². The van der Waals surface area contributed by atoms with Crippen LogP contribution in [0, 0.1) is 20.2 Å². The van der Waals surface area contributed by atoms with E-state index in [9.17, 15) is 34.9 Å². The first kappa shape index (κ1) is 20.5. The standard InChI is InChI=1S/C18H16N2O8/c21-16(22)2-1-11-18(17(23)24,12-3-7-14(8-4-12)19(25)26)13-5-9-15(10-6-13)20(27)28/h3-10H,1-2,11H2,(H,21,22)(H,23,24). The van der Waals surface area contributed by atoms with Crippen molar-refractivity contribution in [2.45, 2.75) is 24.7 Å². The van der Waals surface area contributed by atoms with Gasteiger partial charge in [-0.05, 0) is 24.0 Å². The van der Waals surface area contributed by atoms with Gasteiger partial charge < -0.3 is 10.2 Å². The van der Waals surface area contributed by atoms with E-state index in [0.29, 0.717) is 0 Å². The number of nitrogens with zero attached hydrogens (tertiary/aromatic N) is 2. The Morgan fingerprint density at radius 3 is 1.50 bits per heavy atom. The van der Waals surface area contributed by atoms with Crippen LogP contribution in [-0.2, 0) is 15.0 Å². The van der Waals surface area contributed by atoms with Crippen LogP contribution in [0.1, 0.15) is 30.4 Å². The average molecular weight is 388 g/mol. The van der Waals surface area contributed by atoms with Gasteiger partial charge in [-0.1, -0.05) is 24.3 Å². The third-order valence-electron chi connectivity index (χ3n) is 4.45. The van der Waals surface area contributed by atoms with Gasteiger partial charge in [0.05, 0.1) is 9.85 Å². The van der Waals surface area contributed by atoms with Crippen LogP contribution < -0.4 is 0 Å². The minimum atomic E-state index is -1.71. The number of benzene rings is 2. The van der Waals surface area contributed by atoms with Crippen LogP contribution in [0.25, 0.3) is 0 Å². The molecule has 0 amide bonds. The Morgan fingerprint density at radius 1 is 0.821 bits per heavy atom. The van der Waals surface area contributed by atoms with E-state index in [1.54, 1.807) is 0 Å². The highest BCUT2D eigenvalue weighted by Gasteiger charge is 2.42. The largest absolute Gasteiger partial charge is 0.481 e. The van der Waals surface area contributed by atoms with Crippen LogP contribution >= 0.6 is 0 Å². The number of carbonyl (C=O) groups is 2. The monoisotopic (exact) mass is 388 g/mol. The van der Waals surface area contributed by atoms with Gasteiger partial charge in [0.25, 0.3) is 11.4 Å². The molecular weight excluding hydrogens is 372 g/mol. The third kappa shape index (κ3) is 4.11. The SMILES string of the molecule is O=C(O)CCCC(C(=O)O)(c1ccc([N+](=O)[O-])cc1)c1ccc([N+](=O)[O-])cc1. The number of carboxylic acids is 2. The molecule has 0 heterocycles. The quantitative estimate of drug-likeness (QED) is 0.489. The Bertz CT molecular complexity index is 849. The minimum absolute atomic E-state index is 0.0234. The smallest absolute Gasteiger partial charge is 0.318 e. The average Bonchev–Trinajstić information content (AvgIpc) is 2.65. The number of hydrogen-bond donors (Lipinski definition) is 2. The van der Waals surface area contributed by atoms with Gasteiger partial charge in [-0.2, -0.15) is 0 Å². The fourth-order valence-corrected chi connectivity index (χ4v) is 3.05. The zero-order valence-corrected chi connectivity index (χ0v) is 14.5. The Balaban J connectivity index is 2.59. The zero-order valence-electron chi connectivity index (χ0n) is 14.5. The van der Waals surface area contributed by atoms with E-state index < -0.39 is 27.2 Å². The minimum Gasteiger partial charge on any atom is -0.481 e. The Labute approximate surface area is 158 Å². The van der Waals surface area contributed by atoms with Crippen molar-refractivity contribution >= 4 is 23.3 Å². The molecular formula is C18H16N2O8. The highest BCUT2D eigenvalue weighted by atomic mass is 16.6. The van der Waals surface area contributed by atoms with Crippen molar-refractivity contribution in [1.29, 1.82) is 0 Å². The second-order valence-electron chi connectivity index (χ2n) is 6.07. The first-order chi connectivity index (χ1) is 13.2. The van der Waals surface area contributed by atoms with Crippen molar-refractivity contribution in [3.05, 3.63) is 79.9 Å². The molecule has 0 radical (unpaired) electrons. The van der Waals surface area contributed by atoms with Gasteiger partial charge in [0.1, 0.15) is 5.41 Å². The maximum atomic E-state index is 12.3. The predicted octanol–water partition coefficient (Wildman–Crippen LogP) is 3.13. The van der Waals surface area contributed by atoms with E-state index in [-0.39, 0.29) is 41.8 Å². The second kappa shape index (κ2) is 8.25. The first-order valence-electron chi connectivity index (χ1n) is 8.13. The molecule has 0 aliphatic carbocycles. The molecule has 2 aromatic carbocycles. The van der Waals surface area contributed by atoms with Gasteiger partial charge >= 0.3 is 11.9 Å². The summed E-state index contributed by atoms with van der Waals surface area (Å²) in [7, 11) is 0. The number of non-ortho nitro benzene ring substituents is 2. The molecule has 0 bridgehead atoms. The molecule has 146 valence electrons. The predicted molar refractivity (Wildman–Crippen MR) is 96.1 cm³/mol. The maximum absolute atomic E-state index is 12.3. The second-order valence-corrected chi connectivity index (χ2v) is 6.07. The molecule has 0 atom stereocenters. The maximum Gasteiger partial charge on any atom is 0.318 e. The van der Waals surface area contributed by atoms with Crippen LogP contribution in [0.3, 0.4) is 0 Å². The van der Waals surface area contributed by atoms with Crippen molar-refractivity contribution in [3.8, 4) is 0 Å². The number of nitro benzene ring substituents is 2. The molecule has 0 spiro atoms. The summed E-state index contributed by atoms with van der Waals surface area (Å²) >= 11 is 0. The summed E-state index contributed by atoms with van der Waals surface area (Å²) < 4.78 is 0. The van der Waals surface area contributed by atoms with Crippen LogP contribution in [0.4, 0.5) is 11.4 Å². The van der Waals surface area contributed by atoms with Gasteiger partial charge in [-0.25, -0.2) is 0 Å². The van der Waals surface area contributed by atoms with Gasteiger partial charge in [-0.15, -0.1) is 0 Å². The molecule has 0 aliphatic heterocycles. The molecule has 0 fully saturated rings. The summed E-state index contributed by atoms with van der Waals surface area (Å²) in [5, 5.41) is 40.7. The highest BCUT2D eigenvalue weighted by molar-refractivity contribution is 5.86. The van der Waals surface area contributed by atoms with Crippen LogP contribution in [0.5, 0.6) is 0 Å². The molecule has 28 heavy (non-hydrogen) atoms. The van der Waals surface area contributed by atoms with Gasteiger partial charge in [0.15, 0.2) is 0 Å². The summed E-state index contributed by atoms with van der Waals surface area (Å²) in [6.07, 6.45) is -0.352. The number of nitro groups is 2. The zero-order chi connectivity index (χ0) is 20.9. The van der Waals surface area contributed by atoms with E-state index >= 15 is 0 Å². The number of carboxylic acid groups (broad SMARTS) is 2. The topological polar surface area (TPSA) is 161 Å². The summed E-state index contributed by atoms with van der Waals surface area (Å²) in [4.78, 5) is 43.7. The Hall–Kier alpha value is -3.82. The molecule has 10 heteroatoms. The molecule has 0 aliphatic rings. The van der Waals surface area contributed by atoms with Crippen molar-refractivity contribution < 1.29 is 29.6 Å². The van der Waals surface area contributed by atoms with Crippen molar-refractivity contribution in [1.82, 2.24) is 0 Å². The molecule has 10 nitrogen and oxygen atoms in total. The van der Waals surface area contributed by atoms with E-state index in [2.05, 4.69) is 0 Å². The molecule has 2 N–H and O–H groups in total. The number of rotatable bonds is 9. The Kier molecular flexibility index (Phi) is 6.04. The lowest BCUT2D eigenvalue weighted by atomic mass is 9.71.